The molecular formula is C14H19NO3S2. The van der Waals surface area contributed by atoms with E-state index >= 15 is 0 Å². The van der Waals surface area contributed by atoms with Crippen LogP contribution in [0, 0.1) is 5.41 Å². The molecule has 110 valence electrons. The van der Waals surface area contributed by atoms with Gasteiger partial charge in [-0.3, -0.25) is 0 Å². The zero-order valence-electron chi connectivity index (χ0n) is 11.8. The molecule has 0 atom stereocenters. The summed E-state index contributed by atoms with van der Waals surface area (Å²) >= 11 is 1.31. The van der Waals surface area contributed by atoms with Gasteiger partial charge in [-0.15, -0.1) is 11.3 Å². The monoisotopic (exact) mass is 313 g/mol. The van der Waals surface area contributed by atoms with Crippen LogP contribution in [0.2, 0.25) is 0 Å². The number of fused-ring (bicyclic) bond motifs is 1. The van der Waals surface area contributed by atoms with Crippen molar-refractivity contribution in [1.29, 1.82) is 0 Å². The second-order valence-corrected chi connectivity index (χ2v) is 8.73. The van der Waals surface area contributed by atoms with E-state index < -0.39 is 10.0 Å². The summed E-state index contributed by atoms with van der Waals surface area (Å²) in [6, 6.07) is 7.30. The maximum absolute atomic E-state index is 12.5. The SMILES string of the molecule is CC(C)(C)CNS(=O)(=O)c1c(CO)sc2ccccc12. The molecule has 0 fully saturated rings. The van der Waals surface area contributed by atoms with Gasteiger partial charge in [-0.2, -0.15) is 0 Å². The molecule has 0 aliphatic carbocycles. The molecule has 0 saturated carbocycles. The standard InChI is InChI=1S/C14H19NO3S2/c1-14(2,3)9-15-20(17,18)13-10-6-4-5-7-11(10)19-12(13)8-16/h4-7,15-16H,8-9H2,1-3H3. The Morgan fingerprint density at radius 3 is 2.50 bits per heavy atom. The van der Waals surface area contributed by atoms with Crippen LogP contribution < -0.4 is 4.72 Å². The quantitative estimate of drug-likeness (QED) is 0.912. The van der Waals surface area contributed by atoms with E-state index in [1.165, 1.54) is 11.3 Å². The van der Waals surface area contributed by atoms with E-state index in [1.807, 2.05) is 32.9 Å². The van der Waals surface area contributed by atoms with E-state index in [-0.39, 0.29) is 16.9 Å². The highest BCUT2D eigenvalue weighted by Gasteiger charge is 2.25. The van der Waals surface area contributed by atoms with Gasteiger partial charge in [-0.25, -0.2) is 13.1 Å². The largest absolute Gasteiger partial charge is 0.391 e. The number of nitrogens with one attached hydrogen (secondary N) is 1. The molecule has 0 radical (unpaired) electrons. The van der Waals surface area contributed by atoms with E-state index in [1.54, 1.807) is 12.1 Å². The van der Waals surface area contributed by atoms with Crippen LogP contribution in [-0.2, 0) is 16.6 Å². The number of hydrogen-bond donors (Lipinski definition) is 2. The van der Waals surface area contributed by atoms with E-state index in [2.05, 4.69) is 4.72 Å². The fourth-order valence-corrected chi connectivity index (χ4v) is 4.93. The minimum Gasteiger partial charge on any atom is -0.391 e. The number of sulfonamides is 1. The van der Waals surface area contributed by atoms with Gasteiger partial charge in [0.15, 0.2) is 0 Å². The zero-order valence-corrected chi connectivity index (χ0v) is 13.4. The molecule has 1 heterocycles. The van der Waals surface area contributed by atoms with Gasteiger partial charge in [0.2, 0.25) is 10.0 Å². The number of aliphatic hydroxyl groups excluding tert-OH is 1. The van der Waals surface area contributed by atoms with Crippen molar-refractivity contribution < 1.29 is 13.5 Å². The number of thiophene rings is 1. The summed E-state index contributed by atoms with van der Waals surface area (Å²) in [7, 11) is -3.62. The van der Waals surface area contributed by atoms with Crippen molar-refractivity contribution in [2.75, 3.05) is 6.54 Å². The summed E-state index contributed by atoms with van der Waals surface area (Å²) in [5.41, 5.74) is -0.141. The van der Waals surface area contributed by atoms with Crippen LogP contribution in [0.3, 0.4) is 0 Å². The third-order valence-electron chi connectivity index (χ3n) is 2.82. The number of benzene rings is 1. The number of aliphatic hydroxyl groups is 1. The van der Waals surface area contributed by atoms with Crippen LogP contribution >= 0.6 is 11.3 Å². The predicted molar refractivity (Wildman–Crippen MR) is 82.4 cm³/mol. The van der Waals surface area contributed by atoms with Gasteiger partial charge in [0, 0.05) is 16.6 Å². The second kappa shape index (κ2) is 5.44. The Bertz CT molecular complexity index is 712. The van der Waals surface area contributed by atoms with Crippen molar-refractivity contribution in [2.45, 2.75) is 32.3 Å². The summed E-state index contributed by atoms with van der Waals surface area (Å²) in [6.07, 6.45) is 0. The molecule has 6 heteroatoms. The lowest BCUT2D eigenvalue weighted by Crippen LogP contribution is -2.32. The molecule has 1 aromatic carbocycles. The minimum absolute atomic E-state index is 0.141. The van der Waals surface area contributed by atoms with Gasteiger partial charge in [0.1, 0.15) is 4.90 Å². The Morgan fingerprint density at radius 2 is 1.90 bits per heavy atom. The molecule has 2 rings (SSSR count). The summed E-state index contributed by atoms with van der Waals surface area (Å²) in [4.78, 5) is 0.692. The highest BCUT2D eigenvalue weighted by atomic mass is 32.2. The fraction of sp³-hybridized carbons (Fsp3) is 0.429. The van der Waals surface area contributed by atoms with Gasteiger partial charge in [0.05, 0.1) is 11.5 Å². The first-order valence-electron chi connectivity index (χ1n) is 6.35. The summed E-state index contributed by atoms with van der Waals surface area (Å²) in [5, 5.41) is 10.1. The van der Waals surface area contributed by atoms with E-state index in [9.17, 15) is 13.5 Å². The van der Waals surface area contributed by atoms with Gasteiger partial charge in [-0.1, -0.05) is 39.0 Å². The molecule has 0 bridgehead atoms. The smallest absolute Gasteiger partial charge is 0.242 e. The first-order chi connectivity index (χ1) is 9.24. The molecule has 4 nitrogen and oxygen atoms in total. The van der Waals surface area contributed by atoms with Crippen LogP contribution in [0.4, 0.5) is 0 Å². The van der Waals surface area contributed by atoms with Gasteiger partial charge >= 0.3 is 0 Å². The molecular weight excluding hydrogens is 294 g/mol. The van der Waals surface area contributed by atoms with Crippen molar-refractivity contribution in [3.05, 3.63) is 29.1 Å². The average molecular weight is 313 g/mol. The zero-order chi connectivity index (χ0) is 15.0. The predicted octanol–water partition coefficient (Wildman–Crippen LogP) is 2.72. The molecule has 1 aromatic heterocycles. The Hall–Kier alpha value is -0.950. The molecule has 0 unspecified atom stereocenters. The Labute approximate surface area is 123 Å². The fourth-order valence-electron chi connectivity index (χ4n) is 1.85. The Morgan fingerprint density at radius 1 is 1.25 bits per heavy atom. The molecule has 0 aliphatic rings. The van der Waals surface area contributed by atoms with Crippen molar-refractivity contribution in [3.63, 3.8) is 0 Å². The number of rotatable bonds is 4. The molecule has 20 heavy (non-hydrogen) atoms. The van der Waals surface area contributed by atoms with Crippen molar-refractivity contribution in [3.8, 4) is 0 Å². The maximum atomic E-state index is 12.5. The average Bonchev–Trinajstić information content (AvgIpc) is 2.75. The lowest BCUT2D eigenvalue weighted by Gasteiger charge is -2.19. The lowest BCUT2D eigenvalue weighted by atomic mass is 9.98. The first kappa shape index (κ1) is 15.4. The summed E-state index contributed by atoms with van der Waals surface area (Å²) in [5.74, 6) is 0. The van der Waals surface area contributed by atoms with Gasteiger partial charge in [-0.05, 0) is 11.5 Å². The van der Waals surface area contributed by atoms with Crippen molar-refractivity contribution in [1.82, 2.24) is 4.72 Å². The van der Waals surface area contributed by atoms with Gasteiger partial charge < -0.3 is 5.11 Å². The number of hydrogen-bond acceptors (Lipinski definition) is 4. The Kier molecular flexibility index (Phi) is 4.20. The molecule has 0 saturated heterocycles. The normalized spacial score (nSPS) is 13.0. The van der Waals surface area contributed by atoms with Crippen LogP contribution in [-0.4, -0.2) is 20.1 Å². The van der Waals surface area contributed by atoms with Crippen LogP contribution in [0.1, 0.15) is 25.6 Å². The van der Waals surface area contributed by atoms with E-state index in [0.717, 1.165) is 4.70 Å². The molecule has 2 N–H and O–H groups in total. The third-order valence-corrected chi connectivity index (χ3v) is 5.64. The third kappa shape index (κ3) is 3.20. The molecule has 0 amide bonds. The maximum Gasteiger partial charge on any atom is 0.242 e. The Balaban J connectivity index is 2.50. The molecule has 2 aromatic rings. The minimum atomic E-state index is -3.62. The van der Waals surface area contributed by atoms with E-state index in [0.29, 0.717) is 16.8 Å². The van der Waals surface area contributed by atoms with Gasteiger partial charge in [0.25, 0.3) is 0 Å². The van der Waals surface area contributed by atoms with E-state index in [4.69, 9.17) is 0 Å². The second-order valence-electron chi connectivity index (χ2n) is 5.89. The lowest BCUT2D eigenvalue weighted by molar-refractivity contribution is 0.282. The van der Waals surface area contributed by atoms with Crippen LogP contribution in [0.15, 0.2) is 29.2 Å². The van der Waals surface area contributed by atoms with Crippen molar-refractivity contribution >= 4 is 31.4 Å². The topological polar surface area (TPSA) is 66.4 Å². The highest BCUT2D eigenvalue weighted by molar-refractivity contribution is 7.90. The van der Waals surface area contributed by atoms with Crippen LogP contribution in [0.25, 0.3) is 10.1 Å². The summed E-state index contributed by atoms with van der Waals surface area (Å²) < 4.78 is 28.5. The van der Waals surface area contributed by atoms with Crippen molar-refractivity contribution in [2.24, 2.45) is 5.41 Å². The van der Waals surface area contributed by atoms with Crippen LogP contribution in [0.5, 0.6) is 0 Å². The molecule has 0 spiro atoms. The molecule has 0 aliphatic heterocycles. The first-order valence-corrected chi connectivity index (χ1v) is 8.65. The summed E-state index contributed by atoms with van der Waals surface area (Å²) in [6.45, 7) is 5.98. The highest BCUT2D eigenvalue weighted by Crippen LogP contribution is 2.34.